The highest BCUT2D eigenvalue weighted by Gasteiger charge is 2.35. The van der Waals surface area contributed by atoms with E-state index in [9.17, 15) is 9.59 Å². The van der Waals surface area contributed by atoms with Crippen molar-refractivity contribution in [3.8, 4) is 0 Å². The maximum Gasteiger partial charge on any atom is 0.254 e. The van der Waals surface area contributed by atoms with Crippen LogP contribution in [0.15, 0.2) is 30.2 Å². The molecule has 2 fully saturated rings. The summed E-state index contributed by atoms with van der Waals surface area (Å²) in [6.45, 7) is 1.52. The van der Waals surface area contributed by atoms with Gasteiger partial charge >= 0.3 is 0 Å². The molecular weight excluding hydrogens is 450 g/mol. The number of thiophene rings is 1. The fourth-order valence-electron chi connectivity index (χ4n) is 4.61. The summed E-state index contributed by atoms with van der Waals surface area (Å²) in [6.07, 6.45) is 14.4. The zero-order valence-corrected chi connectivity index (χ0v) is 19.8. The first-order valence-electron chi connectivity index (χ1n) is 12.2. The Morgan fingerprint density at radius 1 is 1.21 bits per heavy atom. The smallest absolute Gasteiger partial charge is 0.254 e. The summed E-state index contributed by atoms with van der Waals surface area (Å²) in [6, 6.07) is 0.0789. The predicted molar refractivity (Wildman–Crippen MR) is 131 cm³/mol. The summed E-state index contributed by atoms with van der Waals surface area (Å²) in [7, 11) is 0. The number of rotatable bonds is 8. The number of aromatic nitrogens is 3. The van der Waals surface area contributed by atoms with E-state index < -0.39 is 0 Å². The minimum absolute atomic E-state index is 0.0385. The summed E-state index contributed by atoms with van der Waals surface area (Å²) in [5.74, 6) is 1.48. The first kappa shape index (κ1) is 21.4. The lowest BCUT2D eigenvalue weighted by Crippen LogP contribution is -2.29. The van der Waals surface area contributed by atoms with Gasteiger partial charge in [0.25, 0.3) is 5.91 Å². The quantitative estimate of drug-likeness (QED) is 0.463. The van der Waals surface area contributed by atoms with E-state index in [2.05, 4.69) is 37.7 Å². The standard InChI is InChI=1S/C24H29N7O2S/c32-22(15-5-6-15)29-24-21(23(33)26-11-14-3-4-14)18-10-17(7-8-19(18)34-24)31-20(13-27-30-31)28-16-2-1-9-25-12-16/h1-2,12-15,17,25,28H,3-11H2,(H,26,33)(H,29,32). The van der Waals surface area contributed by atoms with Gasteiger partial charge in [-0.1, -0.05) is 11.3 Å². The van der Waals surface area contributed by atoms with Gasteiger partial charge in [0.1, 0.15) is 10.8 Å². The third-order valence-corrected chi connectivity index (χ3v) is 8.09. The van der Waals surface area contributed by atoms with E-state index in [0.717, 1.165) is 49.3 Å². The van der Waals surface area contributed by atoms with Gasteiger partial charge in [-0.15, -0.1) is 16.4 Å². The molecule has 0 radical (unpaired) electrons. The second-order valence-corrected chi connectivity index (χ2v) is 10.7. The molecule has 1 unspecified atom stereocenters. The zero-order chi connectivity index (χ0) is 23.1. The Balaban J connectivity index is 1.26. The molecule has 2 aromatic rings. The highest BCUT2D eigenvalue weighted by atomic mass is 32.1. The molecule has 34 heavy (non-hydrogen) atoms. The number of nitrogens with zero attached hydrogens (tertiary/aromatic N) is 3. The molecule has 178 valence electrons. The number of hydrogen-bond acceptors (Lipinski definition) is 7. The van der Waals surface area contributed by atoms with E-state index in [1.807, 2.05) is 17.0 Å². The number of carbonyl (C=O) groups is 2. The van der Waals surface area contributed by atoms with Crippen molar-refractivity contribution in [3.05, 3.63) is 46.2 Å². The molecule has 2 saturated carbocycles. The van der Waals surface area contributed by atoms with Crippen LogP contribution in [-0.2, 0) is 17.6 Å². The number of hydrogen-bond donors (Lipinski definition) is 4. The van der Waals surface area contributed by atoms with Crippen molar-refractivity contribution in [1.82, 2.24) is 25.6 Å². The van der Waals surface area contributed by atoms with Gasteiger partial charge in [0, 0.05) is 30.1 Å². The van der Waals surface area contributed by atoms with Crippen LogP contribution in [0, 0.1) is 11.8 Å². The molecule has 0 bridgehead atoms. The highest BCUT2D eigenvalue weighted by molar-refractivity contribution is 7.17. The summed E-state index contributed by atoms with van der Waals surface area (Å²) >= 11 is 1.57. The molecule has 4 aliphatic rings. The number of amides is 2. The van der Waals surface area contributed by atoms with Gasteiger partial charge in [-0.2, -0.15) is 0 Å². The minimum atomic E-state index is -0.0725. The molecule has 10 heteroatoms. The second kappa shape index (κ2) is 8.90. The van der Waals surface area contributed by atoms with Gasteiger partial charge < -0.3 is 21.3 Å². The fraction of sp³-hybridized carbons (Fsp3) is 0.500. The molecule has 2 aromatic heterocycles. The number of fused-ring (bicyclic) bond motifs is 1. The van der Waals surface area contributed by atoms with Crippen molar-refractivity contribution >= 4 is 34.0 Å². The normalized spacial score (nSPS) is 21.3. The van der Waals surface area contributed by atoms with Crippen molar-refractivity contribution in [2.24, 2.45) is 11.8 Å². The molecule has 0 aromatic carbocycles. The molecule has 1 aliphatic heterocycles. The van der Waals surface area contributed by atoms with E-state index in [-0.39, 0.29) is 23.8 Å². The van der Waals surface area contributed by atoms with E-state index >= 15 is 0 Å². The predicted octanol–water partition coefficient (Wildman–Crippen LogP) is 2.97. The first-order valence-corrected chi connectivity index (χ1v) is 13.0. The maximum absolute atomic E-state index is 13.3. The number of nitrogens with one attached hydrogen (secondary N) is 4. The van der Waals surface area contributed by atoms with E-state index in [1.165, 1.54) is 17.7 Å². The molecule has 0 spiro atoms. The maximum atomic E-state index is 13.3. The Kier molecular flexibility index (Phi) is 5.60. The second-order valence-electron chi connectivity index (χ2n) is 9.62. The van der Waals surface area contributed by atoms with Gasteiger partial charge in [-0.25, -0.2) is 4.68 Å². The average Bonchev–Trinajstić information content (AvgIpc) is 3.77. The molecule has 2 amide bonds. The minimum Gasteiger partial charge on any atom is -0.386 e. The lowest BCUT2D eigenvalue weighted by atomic mass is 9.91. The Bertz CT molecular complexity index is 1170. The van der Waals surface area contributed by atoms with Crippen LogP contribution < -0.4 is 21.3 Å². The molecule has 3 heterocycles. The van der Waals surface area contributed by atoms with Crippen LogP contribution >= 0.6 is 11.3 Å². The Morgan fingerprint density at radius 2 is 2.09 bits per heavy atom. The molecule has 4 N–H and O–H groups in total. The fourth-order valence-corrected chi connectivity index (χ4v) is 5.85. The van der Waals surface area contributed by atoms with Crippen molar-refractivity contribution in [2.45, 2.75) is 51.0 Å². The molecule has 3 aliphatic carbocycles. The zero-order valence-electron chi connectivity index (χ0n) is 19.0. The van der Waals surface area contributed by atoms with E-state index in [0.29, 0.717) is 29.4 Å². The topological polar surface area (TPSA) is 113 Å². The van der Waals surface area contributed by atoms with Crippen LogP contribution in [0.4, 0.5) is 10.8 Å². The van der Waals surface area contributed by atoms with Crippen molar-refractivity contribution in [3.63, 3.8) is 0 Å². The van der Waals surface area contributed by atoms with E-state index in [4.69, 9.17) is 0 Å². The Morgan fingerprint density at radius 3 is 2.85 bits per heavy atom. The number of aryl methyl sites for hydroxylation is 1. The van der Waals surface area contributed by atoms with Crippen LogP contribution in [0.5, 0.6) is 0 Å². The highest BCUT2D eigenvalue weighted by Crippen LogP contribution is 2.42. The SMILES string of the molecule is O=C(NCC1CC1)c1c(NC(=O)C2CC2)sc2c1CC(n1nncc1NC1=CNCC=C1)CC2. The van der Waals surface area contributed by atoms with Crippen LogP contribution in [0.3, 0.4) is 0 Å². The molecule has 0 saturated heterocycles. The lowest BCUT2D eigenvalue weighted by Gasteiger charge is -2.25. The first-order chi connectivity index (χ1) is 16.7. The summed E-state index contributed by atoms with van der Waals surface area (Å²) in [4.78, 5) is 27.0. The monoisotopic (exact) mass is 479 g/mol. The molecule has 9 nitrogen and oxygen atoms in total. The van der Waals surface area contributed by atoms with Crippen LogP contribution in [0.25, 0.3) is 0 Å². The third kappa shape index (κ3) is 4.46. The van der Waals surface area contributed by atoms with Gasteiger partial charge in [-0.3, -0.25) is 9.59 Å². The summed E-state index contributed by atoms with van der Waals surface area (Å²) in [5, 5.41) is 22.0. The number of dihydropyridines is 1. The lowest BCUT2D eigenvalue weighted by molar-refractivity contribution is -0.117. The van der Waals surface area contributed by atoms with Crippen LogP contribution in [0.2, 0.25) is 0 Å². The Hall–Kier alpha value is -3.14. The molecule has 6 rings (SSSR count). The Labute approximate surface area is 202 Å². The van der Waals surface area contributed by atoms with Gasteiger partial charge in [-0.05, 0) is 62.5 Å². The molecule has 1 atom stereocenters. The largest absolute Gasteiger partial charge is 0.386 e. The van der Waals surface area contributed by atoms with Crippen molar-refractivity contribution < 1.29 is 9.59 Å². The van der Waals surface area contributed by atoms with Crippen molar-refractivity contribution in [1.29, 1.82) is 0 Å². The number of carbonyl (C=O) groups excluding carboxylic acids is 2. The van der Waals surface area contributed by atoms with Gasteiger partial charge in [0.05, 0.1) is 23.5 Å². The third-order valence-electron chi connectivity index (χ3n) is 6.88. The van der Waals surface area contributed by atoms with Gasteiger partial charge in [0.15, 0.2) is 0 Å². The van der Waals surface area contributed by atoms with Gasteiger partial charge in [0.2, 0.25) is 5.91 Å². The van der Waals surface area contributed by atoms with E-state index in [1.54, 1.807) is 17.5 Å². The number of allylic oxidation sites excluding steroid dienone is 1. The summed E-state index contributed by atoms with van der Waals surface area (Å²) in [5.41, 5.74) is 2.64. The van der Waals surface area contributed by atoms with Crippen LogP contribution in [-0.4, -0.2) is 39.9 Å². The van der Waals surface area contributed by atoms with Crippen LogP contribution in [0.1, 0.15) is 58.9 Å². The number of anilines is 2. The molecular formula is C24H29N7O2S. The van der Waals surface area contributed by atoms with Crippen molar-refractivity contribution in [2.75, 3.05) is 23.7 Å². The average molecular weight is 480 g/mol. The summed E-state index contributed by atoms with van der Waals surface area (Å²) < 4.78 is 1.93.